The van der Waals surface area contributed by atoms with Crippen LogP contribution in [-0.2, 0) is 11.8 Å². The molecule has 3 heterocycles. The van der Waals surface area contributed by atoms with Gasteiger partial charge in [0.15, 0.2) is 5.82 Å². The van der Waals surface area contributed by atoms with Gasteiger partial charge in [0, 0.05) is 32.6 Å². The third-order valence-corrected chi connectivity index (χ3v) is 6.25. The molecule has 2 fully saturated rings. The fourth-order valence-corrected chi connectivity index (χ4v) is 4.45. The lowest BCUT2D eigenvalue weighted by Gasteiger charge is -2.20. The Labute approximate surface area is 169 Å². The standard InChI is InChI=1S/C19H26ClN7O/c1-4-17(28)27-9-12-5-14(6-13(12)10-27)23-18-15(20)7-21-19(25-18)24-16-8-22-26(3)11(16)2/h7-8,12-14H,4-6,9-10H2,1-3H3,(H2,21,23,24,25). The molecule has 2 N–H and O–H groups in total. The van der Waals surface area contributed by atoms with Gasteiger partial charge < -0.3 is 15.5 Å². The molecule has 28 heavy (non-hydrogen) atoms. The first-order valence-electron chi connectivity index (χ1n) is 9.77. The molecular weight excluding hydrogens is 378 g/mol. The second kappa shape index (κ2) is 7.58. The van der Waals surface area contributed by atoms with Gasteiger partial charge in [-0.25, -0.2) is 4.98 Å². The molecule has 1 aliphatic heterocycles. The molecule has 1 saturated heterocycles. The maximum absolute atomic E-state index is 11.9. The van der Waals surface area contributed by atoms with Gasteiger partial charge in [-0.15, -0.1) is 0 Å². The van der Waals surface area contributed by atoms with Crippen molar-refractivity contribution in [3.63, 3.8) is 0 Å². The number of fused-ring (bicyclic) bond motifs is 1. The number of amides is 1. The van der Waals surface area contributed by atoms with E-state index in [0.29, 0.717) is 41.1 Å². The van der Waals surface area contributed by atoms with E-state index >= 15 is 0 Å². The molecule has 2 aromatic heterocycles. The summed E-state index contributed by atoms with van der Waals surface area (Å²) >= 11 is 6.33. The Bertz CT molecular complexity index is 869. The number of anilines is 3. The zero-order chi connectivity index (χ0) is 19.8. The Hall–Kier alpha value is -2.35. The number of hydrogen-bond acceptors (Lipinski definition) is 6. The molecule has 8 nitrogen and oxygen atoms in total. The SMILES string of the molecule is CCC(=O)N1CC2CC(Nc3nc(Nc4cnn(C)c4C)ncc3Cl)CC2C1. The van der Waals surface area contributed by atoms with Crippen molar-refractivity contribution in [3.8, 4) is 0 Å². The second-order valence-corrected chi connectivity index (χ2v) is 8.17. The Kier molecular flexibility index (Phi) is 5.14. The normalized spacial score (nSPS) is 23.7. The van der Waals surface area contributed by atoms with Crippen molar-refractivity contribution in [2.24, 2.45) is 18.9 Å². The highest BCUT2D eigenvalue weighted by Gasteiger charge is 2.42. The number of likely N-dealkylation sites (tertiary alicyclic amines) is 1. The number of rotatable bonds is 5. The first-order chi connectivity index (χ1) is 13.4. The topological polar surface area (TPSA) is 88.0 Å². The maximum Gasteiger partial charge on any atom is 0.229 e. The van der Waals surface area contributed by atoms with Gasteiger partial charge in [-0.05, 0) is 31.6 Å². The predicted molar refractivity (Wildman–Crippen MR) is 109 cm³/mol. The quantitative estimate of drug-likeness (QED) is 0.797. The summed E-state index contributed by atoms with van der Waals surface area (Å²) in [5, 5.41) is 11.4. The van der Waals surface area contributed by atoms with Crippen LogP contribution in [0.5, 0.6) is 0 Å². The molecule has 2 atom stereocenters. The molecule has 4 rings (SSSR count). The summed E-state index contributed by atoms with van der Waals surface area (Å²) in [5.41, 5.74) is 1.87. The number of nitrogens with one attached hydrogen (secondary N) is 2. The number of carbonyl (C=O) groups is 1. The van der Waals surface area contributed by atoms with E-state index in [1.807, 2.05) is 25.8 Å². The van der Waals surface area contributed by atoms with Crippen LogP contribution in [0.15, 0.2) is 12.4 Å². The van der Waals surface area contributed by atoms with Crippen LogP contribution in [0.2, 0.25) is 5.02 Å². The van der Waals surface area contributed by atoms with Gasteiger partial charge in [0.25, 0.3) is 0 Å². The van der Waals surface area contributed by atoms with Crippen molar-refractivity contribution in [2.75, 3.05) is 23.7 Å². The number of aryl methyl sites for hydroxylation is 1. The van der Waals surface area contributed by atoms with Crippen LogP contribution in [0, 0.1) is 18.8 Å². The molecule has 1 aliphatic carbocycles. The van der Waals surface area contributed by atoms with E-state index in [1.165, 1.54) is 0 Å². The summed E-state index contributed by atoms with van der Waals surface area (Å²) in [5.74, 6) is 2.51. The number of nitrogens with zero attached hydrogens (tertiary/aromatic N) is 5. The molecule has 9 heteroatoms. The van der Waals surface area contributed by atoms with E-state index < -0.39 is 0 Å². The third-order valence-electron chi connectivity index (χ3n) is 5.97. The number of hydrogen-bond donors (Lipinski definition) is 2. The van der Waals surface area contributed by atoms with Crippen LogP contribution in [0.25, 0.3) is 0 Å². The lowest BCUT2D eigenvalue weighted by Crippen LogP contribution is -2.30. The smallest absolute Gasteiger partial charge is 0.229 e. The van der Waals surface area contributed by atoms with Crippen LogP contribution in [0.4, 0.5) is 17.5 Å². The van der Waals surface area contributed by atoms with E-state index in [9.17, 15) is 4.79 Å². The molecule has 150 valence electrons. The Balaban J connectivity index is 1.41. The highest BCUT2D eigenvalue weighted by atomic mass is 35.5. The van der Waals surface area contributed by atoms with Crippen molar-refractivity contribution in [1.82, 2.24) is 24.6 Å². The lowest BCUT2D eigenvalue weighted by atomic mass is 10.0. The molecule has 0 bridgehead atoms. The van der Waals surface area contributed by atoms with Crippen molar-refractivity contribution in [3.05, 3.63) is 23.1 Å². The van der Waals surface area contributed by atoms with Crippen LogP contribution < -0.4 is 10.6 Å². The van der Waals surface area contributed by atoms with Gasteiger partial charge in [-0.3, -0.25) is 9.48 Å². The zero-order valence-electron chi connectivity index (χ0n) is 16.4. The number of carbonyl (C=O) groups excluding carboxylic acids is 1. The Morgan fingerprint density at radius 1 is 1.29 bits per heavy atom. The maximum atomic E-state index is 11.9. The van der Waals surface area contributed by atoms with Gasteiger partial charge in [0.05, 0.1) is 23.8 Å². The molecule has 2 unspecified atom stereocenters. The monoisotopic (exact) mass is 403 g/mol. The Morgan fingerprint density at radius 2 is 2.00 bits per heavy atom. The van der Waals surface area contributed by atoms with E-state index in [0.717, 1.165) is 37.3 Å². The van der Waals surface area contributed by atoms with Gasteiger partial charge in [-0.2, -0.15) is 10.1 Å². The third kappa shape index (κ3) is 3.65. The van der Waals surface area contributed by atoms with Gasteiger partial charge in [0.1, 0.15) is 5.02 Å². The van der Waals surface area contributed by atoms with Crippen molar-refractivity contribution < 1.29 is 4.79 Å². The van der Waals surface area contributed by atoms with Crippen molar-refractivity contribution in [2.45, 2.75) is 39.2 Å². The summed E-state index contributed by atoms with van der Waals surface area (Å²) < 4.78 is 1.79. The molecule has 1 amide bonds. The van der Waals surface area contributed by atoms with E-state index in [1.54, 1.807) is 17.1 Å². The molecule has 0 spiro atoms. The first-order valence-corrected chi connectivity index (χ1v) is 10.1. The highest BCUT2D eigenvalue weighted by molar-refractivity contribution is 6.32. The fourth-order valence-electron chi connectivity index (χ4n) is 4.31. The van der Waals surface area contributed by atoms with Gasteiger partial charge in [-0.1, -0.05) is 18.5 Å². The minimum absolute atomic E-state index is 0.263. The first kappa shape index (κ1) is 19.0. The van der Waals surface area contributed by atoms with E-state index in [2.05, 4.69) is 25.7 Å². The van der Waals surface area contributed by atoms with Crippen LogP contribution in [0.3, 0.4) is 0 Å². The van der Waals surface area contributed by atoms with Crippen LogP contribution in [-0.4, -0.2) is 49.7 Å². The molecule has 2 aromatic rings. The predicted octanol–water partition coefficient (Wildman–Crippen LogP) is 2.97. The lowest BCUT2D eigenvalue weighted by molar-refractivity contribution is -0.130. The largest absolute Gasteiger partial charge is 0.366 e. The Morgan fingerprint density at radius 3 is 2.61 bits per heavy atom. The summed E-state index contributed by atoms with van der Waals surface area (Å²) in [4.78, 5) is 22.8. The van der Waals surface area contributed by atoms with Crippen LogP contribution >= 0.6 is 11.6 Å². The summed E-state index contributed by atoms with van der Waals surface area (Å²) in [6, 6.07) is 0.314. The fraction of sp³-hybridized carbons (Fsp3) is 0.579. The molecular formula is C19H26ClN7O. The van der Waals surface area contributed by atoms with E-state index in [4.69, 9.17) is 11.6 Å². The number of aromatic nitrogens is 4. The van der Waals surface area contributed by atoms with Crippen molar-refractivity contribution in [1.29, 1.82) is 0 Å². The van der Waals surface area contributed by atoms with Gasteiger partial charge in [0.2, 0.25) is 11.9 Å². The number of halogens is 1. The molecule has 0 aromatic carbocycles. The van der Waals surface area contributed by atoms with Crippen LogP contribution in [0.1, 0.15) is 31.9 Å². The minimum Gasteiger partial charge on any atom is -0.366 e. The van der Waals surface area contributed by atoms with E-state index in [-0.39, 0.29) is 5.91 Å². The highest BCUT2D eigenvalue weighted by Crippen LogP contribution is 2.40. The molecule has 1 saturated carbocycles. The summed E-state index contributed by atoms with van der Waals surface area (Å²) in [6.07, 6.45) is 6.01. The summed E-state index contributed by atoms with van der Waals surface area (Å²) in [6.45, 7) is 5.66. The molecule has 0 radical (unpaired) electrons. The zero-order valence-corrected chi connectivity index (χ0v) is 17.2. The molecule has 2 aliphatic rings. The van der Waals surface area contributed by atoms with Gasteiger partial charge >= 0.3 is 0 Å². The average Bonchev–Trinajstić information content (AvgIpc) is 3.33. The second-order valence-electron chi connectivity index (χ2n) is 7.77. The average molecular weight is 404 g/mol. The van der Waals surface area contributed by atoms with Crippen molar-refractivity contribution >= 4 is 35.0 Å². The summed E-state index contributed by atoms with van der Waals surface area (Å²) in [7, 11) is 1.89. The minimum atomic E-state index is 0.263.